The van der Waals surface area contributed by atoms with Gasteiger partial charge in [0, 0.05) is 5.92 Å². The van der Waals surface area contributed by atoms with Crippen LogP contribution in [0, 0.1) is 23.7 Å². The second-order valence-electron chi connectivity index (χ2n) is 6.41. The Morgan fingerprint density at radius 2 is 1.89 bits per heavy atom. The molecular weight excluding hydrogens is 228 g/mol. The first-order valence-electron chi connectivity index (χ1n) is 6.83. The van der Waals surface area contributed by atoms with E-state index in [1.54, 1.807) is 13.8 Å². The first-order chi connectivity index (χ1) is 8.26. The minimum atomic E-state index is -1.07. The third-order valence-electron chi connectivity index (χ3n) is 5.24. The Morgan fingerprint density at radius 1 is 1.28 bits per heavy atom. The van der Waals surface area contributed by atoms with Gasteiger partial charge < -0.3 is 10.2 Å². The Hall–Kier alpha value is -0.670. The molecule has 0 spiro atoms. The maximum absolute atomic E-state index is 11.8. The van der Waals surface area contributed by atoms with Crippen molar-refractivity contribution in [2.75, 3.05) is 0 Å². The van der Waals surface area contributed by atoms with Crippen LogP contribution in [-0.4, -0.2) is 27.7 Å². The fraction of sp³-hybridized carbons (Fsp3) is 0.800. The summed E-state index contributed by atoms with van der Waals surface area (Å²) in [6, 6.07) is 0. The molecule has 2 fully saturated rings. The van der Waals surface area contributed by atoms with Crippen LogP contribution in [0.25, 0.3) is 0 Å². The van der Waals surface area contributed by atoms with Crippen LogP contribution in [0.4, 0.5) is 0 Å². The Labute approximate surface area is 109 Å². The van der Waals surface area contributed by atoms with Gasteiger partial charge in [0.05, 0.1) is 11.7 Å². The number of rotatable bonds is 2. The predicted octanol–water partition coefficient (Wildman–Crippen LogP) is 1.93. The molecular formula is C15H24O3. The second-order valence-corrected chi connectivity index (χ2v) is 6.41. The van der Waals surface area contributed by atoms with E-state index in [1.165, 1.54) is 0 Å². The van der Waals surface area contributed by atoms with Gasteiger partial charge in [-0.05, 0) is 57.8 Å². The molecule has 0 radical (unpaired) electrons. The number of allylic oxidation sites excluding steroid dienone is 1. The van der Waals surface area contributed by atoms with Crippen LogP contribution in [-0.2, 0) is 4.79 Å². The van der Waals surface area contributed by atoms with Gasteiger partial charge in [0.2, 0.25) is 0 Å². The van der Waals surface area contributed by atoms with Gasteiger partial charge in [-0.1, -0.05) is 12.2 Å². The molecule has 0 aromatic rings. The highest BCUT2D eigenvalue weighted by Gasteiger charge is 2.56. The topological polar surface area (TPSA) is 57.5 Å². The van der Waals surface area contributed by atoms with E-state index in [9.17, 15) is 15.0 Å². The van der Waals surface area contributed by atoms with Gasteiger partial charge in [-0.15, -0.1) is 0 Å². The lowest BCUT2D eigenvalue weighted by Gasteiger charge is -2.48. The van der Waals surface area contributed by atoms with E-state index in [0.29, 0.717) is 6.42 Å². The predicted molar refractivity (Wildman–Crippen MR) is 69.9 cm³/mol. The SMILES string of the molecule is C=C(C)C1CC(O)C(C)(O)C2CCC(C(C)=O)C12. The molecule has 102 valence electrons. The van der Waals surface area contributed by atoms with Gasteiger partial charge in [-0.2, -0.15) is 0 Å². The van der Waals surface area contributed by atoms with Crippen molar-refractivity contribution in [3.8, 4) is 0 Å². The molecule has 2 aliphatic rings. The average Bonchev–Trinajstić information content (AvgIpc) is 2.68. The number of ketones is 1. The first kappa shape index (κ1) is 13.8. The van der Waals surface area contributed by atoms with Crippen molar-refractivity contribution in [3.63, 3.8) is 0 Å². The standard InChI is InChI=1S/C15H24O3/c1-8(2)11-7-13(17)15(4,18)12-6-5-10(9(3)16)14(11)12/h10-14,17-18H,1,5-7H2,2-4H3. The molecule has 6 unspecified atom stereocenters. The Balaban J connectivity index is 2.37. The summed E-state index contributed by atoms with van der Waals surface area (Å²) in [5, 5.41) is 20.7. The molecule has 6 atom stereocenters. The summed E-state index contributed by atoms with van der Waals surface area (Å²) in [5.41, 5.74) is -0.0476. The monoisotopic (exact) mass is 252 g/mol. The van der Waals surface area contributed by atoms with Crippen LogP contribution >= 0.6 is 0 Å². The van der Waals surface area contributed by atoms with E-state index in [4.69, 9.17) is 0 Å². The van der Waals surface area contributed by atoms with E-state index >= 15 is 0 Å². The van der Waals surface area contributed by atoms with Crippen molar-refractivity contribution in [1.29, 1.82) is 0 Å². The number of aliphatic hydroxyl groups excluding tert-OH is 1. The fourth-order valence-corrected chi connectivity index (χ4v) is 4.15. The molecule has 0 saturated heterocycles. The molecule has 3 nitrogen and oxygen atoms in total. The first-order valence-corrected chi connectivity index (χ1v) is 6.83. The molecule has 2 rings (SSSR count). The third kappa shape index (κ3) is 1.94. The smallest absolute Gasteiger partial charge is 0.133 e. The van der Waals surface area contributed by atoms with Crippen molar-refractivity contribution in [1.82, 2.24) is 0 Å². The number of carbonyl (C=O) groups excluding carboxylic acids is 1. The summed E-state index contributed by atoms with van der Waals surface area (Å²) >= 11 is 0. The van der Waals surface area contributed by atoms with Crippen LogP contribution in [0.15, 0.2) is 12.2 Å². The normalized spacial score (nSPS) is 47.7. The van der Waals surface area contributed by atoms with E-state index in [1.807, 2.05) is 6.92 Å². The Morgan fingerprint density at radius 3 is 2.39 bits per heavy atom. The van der Waals surface area contributed by atoms with Gasteiger partial charge in [-0.3, -0.25) is 4.79 Å². The number of carbonyl (C=O) groups is 1. The van der Waals surface area contributed by atoms with Crippen LogP contribution < -0.4 is 0 Å². The zero-order valence-corrected chi connectivity index (χ0v) is 11.5. The second kappa shape index (κ2) is 4.46. The lowest BCUT2D eigenvalue weighted by molar-refractivity contribution is -0.154. The van der Waals surface area contributed by atoms with Gasteiger partial charge in [-0.25, -0.2) is 0 Å². The summed E-state index contributed by atoms with van der Waals surface area (Å²) in [6.07, 6.45) is 1.46. The quantitative estimate of drug-likeness (QED) is 0.738. The molecule has 0 aromatic carbocycles. The van der Waals surface area contributed by atoms with Gasteiger partial charge >= 0.3 is 0 Å². The molecule has 0 aliphatic heterocycles. The lowest BCUT2D eigenvalue weighted by Crippen LogP contribution is -2.55. The Kier molecular flexibility index (Phi) is 3.41. The molecule has 0 aromatic heterocycles. The van der Waals surface area contributed by atoms with E-state index in [2.05, 4.69) is 6.58 Å². The minimum absolute atomic E-state index is 0.0110. The number of hydrogen-bond acceptors (Lipinski definition) is 3. The fourth-order valence-electron chi connectivity index (χ4n) is 4.15. The summed E-state index contributed by atoms with van der Waals surface area (Å²) < 4.78 is 0. The average molecular weight is 252 g/mol. The van der Waals surface area contributed by atoms with E-state index in [-0.39, 0.29) is 29.5 Å². The highest BCUT2D eigenvalue weighted by molar-refractivity contribution is 5.79. The van der Waals surface area contributed by atoms with Gasteiger partial charge in [0.1, 0.15) is 5.78 Å². The maximum Gasteiger partial charge on any atom is 0.133 e. The van der Waals surface area contributed by atoms with Crippen molar-refractivity contribution >= 4 is 5.78 Å². The number of fused-ring (bicyclic) bond motifs is 1. The number of Topliss-reactive ketones (excluding diaryl/α,β-unsaturated/α-hetero) is 1. The largest absolute Gasteiger partial charge is 0.390 e. The highest BCUT2D eigenvalue weighted by Crippen LogP contribution is 2.54. The van der Waals surface area contributed by atoms with Crippen molar-refractivity contribution < 1.29 is 15.0 Å². The Bertz CT molecular complexity index is 372. The third-order valence-corrected chi connectivity index (χ3v) is 5.24. The van der Waals surface area contributed by atoms with Gasteiger partial charge in [0.15, 0.2) is 0 Å². The molecule has 2 N–H and O–H groups in total. The summed E-state index contributed by atoms with van der Waals surface area (Å²) in [7, 11) is 0. The molecule has 2 aliphatic carbocycles. The van der Waals surface area contributed by atoms with Gasteiger partial charge in [0.25, 0.3) is 0 Å². The van der Waals surface area contributed by atoms with Crippen LogP contribution in [0.2, 0.25) is 0 Å². The van der Waals surface area contributed by atoms with Crippen LogP contribution in [0.5, 0.6) is 0 Å². The van der Waals surface area contributed by atoms with E-state index in [0.717, 1.165) is 18.4 Å². The molecule has 0 amide bonds. The zero-order valence-electron chi connectivity index (χ0n) is 11.5. The molecule has 18 heavy (non-hydrogen) atoms. The van der Waals surface area contributed by atoms with Crippen molar-refractivity contribution in [2.45, 2.75) is 51.7 Å². The minimum Gasteiger partial charge on any atom is -0.390 e. The van der Waals surface area contributed by atoms with E-state index < -0.39 is 11.7 Å². The summed E-state index contributed by atoms with van der Waals surface area (Å²) in [4.78, 5) is 11.8. The maximum atomic E-state index is 11.8. The molecule has 3 heteroatoms. The molecule has 0 heterocycles. The van der Waals surface area contributed by atoms with Crippen molar-refractivity contribution in [2.24, 2.45) is 23.7 Å². The molecule has 2 saturated carbocycles. The van der Waals surface area contributed by atoms with Crippen molar-refractivity contribution in [3.05, 3.63) is 12.2 Å². The lowest BCUT2D eigenvalue weighted by atomic mass is 9.61. The summed E-state index contributed by atoms with van der Waals surface area (Å²) in [6.45, 7) is 9.33. The van der Waals surface area contributed by atoms with Crippen LogP contribution in [0.3, 0.4) is 0 Å². The van der Waals surface area contributed by atoms with Crippen LogP contribution in [0.1, 0.15) is 40.0 Å². The highest BCUT2D eigenvalue weighted by atomic mass is 16.3. The number of aliphatic hydroxyl groups is 2. The number of hydrogen-bond donors (Lipinski definition) is 2. The zero-order chi connectivity index (χ0) is 13.7. The summed E-state index contributed by atoms with van der Waals surface area (Å²) in [5.74, 6) is 0.550. The molecule has 0 bridgehead atoms.